The molecule has 0 radical (unpaired) electrons. The molecule has 0 spiro atoms. The van der Waals surface area contributed by atoms with Gasteiger partial charge in [0.1, 0.15) is 0 Å². The highest BCUT2D eigenvalue weighted by molar-refractivity contribution is 6.51. The van der Waals surface area contributed by atoms with Crippen LogP contribution in [0.4, 0.5) is 5.69 Å². The molecule has 1 aliphatic rings. The van der Waals surface area contributed by atoms with Gasteiger partial charge < -0.3 is 10.6 Å². The zero-order valence-corrected chi connectivity index (χ0v) is 10.4. The highest BCUT2D eigenvalue weighted by Crippen LogP contribution is 2.26. The third-order valence-electron chi connectivity index (χ3n) is 2.60. The topological polar surface area (TPSA) is 75.3 Å². The molecule has 0 fully saturated rings. The van der Waals surface area contributed by atoms with Gasteiger partial charge in [-0.15, -0.1) is 0 Å². The molecule has 0 unspecified atom stereocenters. The summed E-state index contributed by atoms with van der Waals surface area (Å²) in [5.41, 5.74) is 1.45. The van der Waals surface area contributed by atoms with Crippen LogP contribution in [0.2, 0.25) is 0 Å². The summed E-state index contributed by atoms with van der Waals surface area (Å²) in [4.78, 5) is 33.4. The fourth-order valence-electron chi connectivity index (χ4n) is 1.73. The van der Waals surface area contributed by atoms with Crippen LogP contribution in [0.3, 0.4) is 0 Å². The zero-order chi connectivity index (χ0) is 13.8. The van der Waals surface area contributed by atoms with E-state index in [-0.39, 0.29) is 5.91 Å². The number of rotatable bonds is 2. The number of nitrogens with one attached hydrogen (secondary N) is 2. The molecule has 0 saturated carbocycles. The predicted molar refractivity (Wildman–Crippen MR) is 69.6 cm³/mol. The molecule has 0 saturated heterocycles. The Balaban J connectivity index is 2.11. The van der Waals surface area contributed by atoms with Crippen LogP contribution in [0, 0.1) is 11.8 Å². The van der Waals surface area contributed by atoms with Crippen molar-refractivity contribution in [3.05, 3.63) is 29.3 Å². The number of anilines is 1. The van der Waals surface area contributed by atoms with E-state index >= 15 is 0 Å². The summed E-state index contributed by atoms with van der Waals surface area (Å²) < 4.78 is 0. The van der Waals surface area contributed by atoms with Crippen molar-refractivity contribution in [2.45, 2.75) is 13.3 Å². The van der Waals surface area contributed by atoms with Crippen LogP contribution in [-0.4, -0.2) is 24.1 Å². The highest BCUT2D eigenvalue weighted by atomic mass is 16.2. The third kappa shape index (κ3) is 2.80. The van der Waals surface area contributed by atoms with Gasteiger partial charge in [0.25, 0.3) is 11.7 Å². The van der Waals surface area contributed by atoms with Crippen molar-refractivity contribution in [1.29, 1.82) is 0 Å². The van der Waals surface area contributed by atoms with E-state index in [0.29, 0.717) is 29.8 Å². The summed E-state index contributed by atoms with van der Waals surface area (Å²) in [6.07, 6.45) is 0.505. The second-order valence-electron chi connectivity index (χ2n) is 4.05. The van der Waals surface area contributed by atoms with Crippen LogP contribution in [0.25, 0.3) is 0 Å². The van der Waals surface area contributed by atoms with Crippen LogP contribution in [0.5, 0.6) is 0 Å². The SMILES string of the molecule is CC(=O)NCCC#Cc1cccc2c1NC(=O)C2=O. The number of ketones is 1. The van der Waals surface area contributed by atoms with Crippen molar-refractivity contribution in [1.82, 2.24) is 5.32 Å². The molecule has 0 bridgehead atoms. The summed E-state index contributed by atoms with van der Waals surface area (Å²) in [7, 11) is 0. The highest BCUT2D eigenvalue weighted by Gasteiger charge is 2.29. The summed E-state index contributed by atoms with van der Waals surface area (Å²) in [6.45, 7) is 1.92. The molecular formula is C14H12N2O3. The van der Waals surface area contributed by atoms with Gasteiger partial charge in [-0.2, -0.15) is 0 Å². The number of fused-ring (bicyclic) bond motifs is 1. The van der Waals surface area contributed by atoms with Gasteiger partial charge in [0.05, 0.1) is 11.3 Å². The van der Waals surface area contributed by atoms with E-state index in [0.717, 1.165) is 0 Å². The number of hydrogen-bond donors (Lipinski definition) is 2. The Hall–Kier alpha value is -2.61. The number of para-hydroxylation sites is 1. The first-order chi connectivity index (χ1) is 9.09. The summed E-state index contributed by atoms with van der Waals surface area (Å²) >= 11 is 0. The first-order valence-corrected chi connectivity index (χ1v) is 5.81. The number of carbonyl (C=O) groups is 3. The van der Waals surface area contributed by atoms with Gasteiger partial charge in [-0.05, 0) is 12.1 Å². The van der Waals surface area contributed by atoms with Crippen molar-refractivity contribution in [2.24, 2.45) is 0 Å². The number of amides is 2. The summed E-state index contributed by atoms with van der Waals surface area (Å²) in [6, 6.07) is 5.02. The van der Waals surface area contributed by atoms with E-state index in [4.69, 9.17) is 0 Å². The van der Waals surface area contributed by atoms with Gasteiger partial charge in [0, 0.05) is 25.5 Å². The molecule has 19 heavy (non-hydrogen) atoms. The summed E-state index contributed by atoms with van der Waals surface area (Å²) in [5.74, 6) is 4.53. The molecule has 1 aromatic carbocycles. The van der Waals surface area contributed by atoms with Gasteiger partial charge in [-0.3, -0.25) is 14.4 Å². The molecule has 2 amide bonds. The van der Waals surface area contributed by atoms with E-state index in [9.17, 15) is 14.4 Å². The quantitative estimate of drug-likeness (QED) is 0.464. The smallest absolute Gasteiger partial charge is 0.296 e. The lowest BCUT2D eigenvalue weighted by atomic mass is 10.1. The molecule has 1 aliphatic heterocycles. The molecule has 0 aromatic heterocycles. The average molecular weight is 256 g/mol. The molecule has 0 aliphatic carbocycles. The standard InChI is InChI=1S/C14H12N2O3/c1-9(17)15-8-3-2-5-10-6-4-7-11-12(10)16-14(19)13(11)18/h4,6-7H,3,8H2,1H3,(H,15,17)(H,16,18,19). The lowest BCUT2D eigenvalue weighted by Crippen LogP contribution is -2.20. The minimum absolute atomic E-state index is 0.0970. The largest absolute Gasteiger partial charge is 0.355 e. The third-order valence-corrected chi connectivity index (χ3v) is 2.60. The molecule has 1 heterocycles. The van der Waals surface area contributed by atoms with Crippen molar-refractivity contribution in [3.63, 3.8) is 0 Å². The molecule has 96 valence electrons. The van der Waals surface area contributed by atoms with Gasteiger partial charge in [-0.1, -0.05) is 17.9 Å². The maximum absolute atomic E-state index is 11.5. The van der Waals surface area contributed by atoms with Gasteiger partial charge in [0.15, 0.2) is 0 Å². The summed E-state index contributed by atoms with van der Waals surface area (Å²) in [5, 5.41) is 5.15. The number of Topliss-reactive ketones (excluding diaryl/α,β-unsaturated/α-hetero) is 1. The van der Waals surface area contributed by atoms with Crippen LogP contribution in [0.1, 0.15) is 29.3 Å². The van der Waals surface area contributed by atoms with E-state index in [1.54, 1.807) is 18.2 Å². The number of benzene rings is 1. The monoisotopic (exact) mass is 256 g/mol. The first-order valence-electron chi connectivity index (χ1n) is 5.81. The number of hydrogen-bond acceptors (Lipinski definition) is 3. The van der Waals surface area contributed by atoms with Crippen molar-refractivity contribution in [3.8, 4) is 11.8 Å². The minimum Gasteiger partial charge on any atom is -0.355 e. The van der Waals surface area contributed by atoms with Gasteiger partial charge in [-0.25, -0.2) is 0 Å². The van der Waals surface area contributed by atoms with E-state index in [1.807, 2.05) is 0 Å². The average Bonchev–Trinajstić information content (AvgIpc) is 2.66. The van der Waals surface area contributed by atoms with Crippen molar-refractivity contribution >= 4 is 23.3 Å². The molecule has 2 N–H and O–H groups in total. The van der Waals surface area contributed by atoms with Crippen molar-refractivity contribution < 1.29 is 14.4 Å². The van der Waals surface area contributed by atoms with Crippen LogP contribution >= 0.6 is 0 Å². The van der Waals surface area contributed by atoms with E-state index in [1.165, 1.54) is 6.92 Å². The predicted octanol–water partition coefficient (Wildman–Crippen LogP) is 0.699. The Bertz CT molecular complexity index is 623. The normalized spacial score (nSPS) is 12.3. The maximum Gasteiger partial charge on any atom is 0.296 e. The van der Waals surface area contributed by atoms with Crippen LogP contribution < -0.4 is 10.6 Å². The second-order valence-corrected chi connectivity index (χ2v) is 4.05. The lowest BCUT2D eigenvalue weighted by molar-refractivity contribution is -0.118. The van der Waals surface area contributed by atoms with Crippen molar-refractivity contribution in [2.75, 3.05) is 11.9 Å². The minimum atomic E-state index is -0.623. The molecule has 5 heteroatoms. The molecule has 0 atom stereocenters. The van der Waals surface area contributed by atoms with Gasteiger partial charge in [0.2, 0.25) is 5.91 Å². The Morgan fingerprint density at radius 3 is 2.89 bits per heavy atom. The van der Waals surface area contributed by atoms with E-state index < -0.39 is 11.7 Å². The fraction of sp³-hybridized carbons (Fsp3) is 0.214. The zero-order valence-electron chi connectivity index (χ0n) is 10.4. The Morgan fingerprint density at radius 2 is 2.16 bits per heavy atom. The number of carbonyl (C=O) groups excluding carboxylic acids is 3. The first kappa shape index (κ1) is 12.8. The molecule has 5 nitrogen and oxygen atoms in total. The van der Waals surface area contributed by atoms with Crippen LogP contribution in [-0.2, 0) is 9.59 Å². The Morgan fingerprint density at radius 1 is 1.37 bits per heavy atom. The second kappa shape index (κ2) is 5.36. The molecule has 2 rings (SSSR count). The van der Waals surface area contributed by atoms with Crippen LogP contribution in [0.15, 0.2) is 18.2 Å². The maximum atomic E-state index is 11.5. The molecule has 1 aromatic rings. The molecular weight excluding hydrogens is 244 g/mol. The Kier molecular flexibility index (Phi) is 3.62. The lowest BCUT2D eigenvalue weighted by Gasteiger charge is -2.00. The Labute approximate surface area is 110 Å². The van der Waals surface area contributed by atoms with E-state index in [2.05, 4.69) is 22.5 Å². The fourth-order valence-corrected chi connectivity index (χ4v) is 1.73. The van der Waals surface area contributed by atoms with Gasteiger partial charge >= 0.3 is 0 Å².